The molecule has 1 unspecified atom stereocenters. The van der Waals surface area contributed by atoms with E-state index in [4.69, 9.17) is 4.74 Å². The second-order valence-electron chi connectivity index (χ2n) is 5.71. The zero-order valence-electron chi connectivity index (χ0n) is 12.8. The lowest BCUT2D eigenvalue weighted by molar-refractivity contribution is -0.122. The first kappa shape index (κ1) is 14.6. The fraction of sp³-hybridized carbons (Fsp3) is 0.316. The standard InChI is InChI=1S/C19H21NO2/c1-14(16-5-3-2-4-6-16)19(21)20-11-9-15-7-8-18-17(13-15)10-12-22-18/h2-8,13-14H,9-12H2,1H3,(H,20,21). The Morgan fingerprint density at radius 1 is 1.23 bits per heavy atom. The molecule has 3 rings (SSSR count). The monoisotopic (exact) mass is 295 g/mol. The third-order valence-electron chi connectivity index (χ3n) is 4.16. The molecule has 1 aliphatic rings. The fourth-order valence-corrected chi connectivity index (χ4v) is 2.77. The van der Waals surface area contributed by atoms with E-state index < -0.39 is 0 Å². The van der Waals surface area contributed by atoms with Gasteiger partial charge in [0.2, 0.25) is 5.91 Å². The SMILES string of the molecule is CC(C(=O)NCCc1ccc2c(c1)CCO2)c1ccccc1. The highest BCUT2D eigenvalue weighted by molar-refractivity contribution is 5.83. The van der Waals surface area contributed by atoms with Crippen molar-refractivity contribution in [1.82, 2.24) is 5.32 Å². The molecule has 0 aromatic heterocycles. The van der Waals surface area contributed by atoms with Crippen molar-refractivity contribution in [3.63, 3.8) is 0 Å². The Morgan fingerprint density at radius 3 is 2.86 bits per heavy atom. The van der Waals surface area contributed by atoms with Crippen LogP contribution < -0.4 is 10.1 Å². The smallest absolute Gasteiger partial charge is 0.227 e. The molecule has 0 radical (unpaired) electrons. The maximum atomic E-state index is 12.2. The van der Waals surface area contributed by atoms with E-state index in [0.717, 1.165) is 30.8 Å². The van der Waals surface area contributed by atoms with Crippen molar-refractivity contribution in [1.29, 1.82) is 0 Å². The topological polar surface area (TPSA) is 38.3 Å². The molecule has 0 saturated heterocycles. The number of ether oxygens (including phenoxy) is 1. The maximum Gasteiger partial charge on any atom is 0.227 e. The van der Waals surface area contributed by atoms with Crippen LogP contribution in [-0.2, 0) is 17.6 Å². The quantitative estimate of drug-likeness (QED) is 0.920. The molecule has 1 heterocycles. The predicted molar refractivity (Wildman–Crippen MR) is 87.2 cm³/mol. The third kappa shape index (κ3) is 3.30. The van der Waals surface area contributed by atoms with Gasteiger partial charge in [-0.25, -0.2) is 0 Å². The summed E-state index contributed by atoms with van der Waals surface area (Å²) >= 11 is 0. The summed E-state index contributed by atoms with van der Waals surface area (Å²) in [6, 6.07) is 16.2. The highest BCUT2D eigenvalue weighted by atomic mass is 16.5. The Hall–Kier alpha value is -2.29. The van der Waals surface area contributed by atoms with Gasteiger partial charge in [0.15, 0.2) is 0 Å². The van der Waals surface area contributed by atoms with Crippen LogP contribution in [0.3, 0.4) is 0 Å². The van der Waals surface area contributed by atoms with Gasteiger partial charge in [-0.3, -0.25) is 4.79 Å². The minimum absolute atomic E-state index is 0.0793. The van der Waals surface area contributed by atoms with Crippen molar-refractivity contribution in [2.24, 2.45) is 0 Å². The van der Waals surface area contributed by atoms with Gasteiger partial charge in [-0.1, -0.05) is 42.5 Å². The lowest BCUT2D eigenvalue weighted by Crippen LogP contribution is -2.29. The lowest BCUT2D eigenvalue weighted by Gasteiger charge is -2.12. The van der Waals surface area contributed by atoms with Crippen LogP contribution in [0.2, 0.25) is 0 Å². The minimum Gasteiger partial charge on any atom is -0.493 e. The molecule has 2 aromatic carbocycles. The highest BCUT2D eigenvalue weighted by Gasteiger charge is 2.15. The molecule has 3 nitrogen and oxygen atoms in total. The van der Waals surface area contributed by atoms with Crippen LogP contribution in [0.4, 0.5) is 0 Å². The number of hydrogen-bond acceptors (Lipinski definition) is 2. The van der Waals surface area contributed by atoms with Gasteiger partial charge in [0, 0.05) is 13.0 Å². The summed E-state index contributed by atoms with van der Waals surface area (Å²) in [6.07, 6.45) is 1.83. The van der Waals surface area contributed by atoms with Gasteiger partial charge >= 0.3 is 0 Å². The van der Waals surface area contributed by atoms with Crippen LogP contribution in [0.25, 0.3) is 0 Å². The molecule has 0 bridgehead atoms. The van der Waals surface area contributed by atoms with Crippen molar-refractivity contribution in [2.75, 3.05) is 13.2 Å². The van der Waals surface area contributed by atoms with Crippen LogP contribution in [0.5, 0.6) is 5.75 Å². The molecular formula is C19H21NO2. The molecule has 0 spiro atoms. The molecule has 22 heavy (non-hydrogen) atoms. The van der Waals surface area contributed by atoms with Crippen molar-refractivity contribution < 1.29 is 9.53 Å². The van der Waals surface area contributed by atoms with E-state index in [2.05, 4.69) is 17.4 Å². The summed E-state index contributed by atoms with van der Waals surface area (Å²) < 4.78 is 5.51. The molecule has 1 atom stereocenters. The number of hydrogen-bond donors (Lipinski definition) is 1. The largest absolute Gasteiger partial charge is 0.493 e. The second-order valence-corrected chi connectivity index (χ2v) is 5.71. The first-order valence-corrected chi connectivity index (χ1v) is 7.81. The van der Waals surface area contributed by atoms with Crippen LogP contribution in [0.1, 0.15) is 29.5 Å². The number of benzene rings is 2. The maximum absolute atomic E-state index is 12.2. The Balaban J connectivity index is 1.51. The first-order chi connectivity index (χ1) is 10.7. The van der Waals surface area contributed by atoms with Crippen LogP contribution in [0, 0.1) is 0 Å². The summed E-state index contributed by atoms with van der Waals surface area (Å²) in [7, 11) is 0. The van der Waals surface area contributed by atoms with Crippen molar-refractivity contribution in [2.45, 2.75) is 25.7 Å². The van der Waals surface area contributed by atoms with Gasteiger partial charge in [0.25, 0.3) is 0 Å². The zero-order valence-corrected chi connectivity index (χ0v) is 12.8. The van der Waals surface area contributed by atoms with Gasteiger partial charge in [-0.15, -0.1) is 0 Å². The molecule has 0 saturated carbocycles. The van der Waals surface area contributed by atoms with E-state index in [1.165, 1.54) is 11.1 Å². The molecule has 1 aliphatic heterocycles. The summed E-state index contributed by atoms with van der Waals surface area (Å²) in [6.45, 7) is 3.39. The van der Waals surface area contributed by atoms with E-state index in [-0.39, 0.29) is 11.8 Å². The lowest BCUT2D eigenvalue weighted by atomic mass is 10.0. The van der Waals surface area contributed by atoms with Gasteiger partial charge in [-0.2, -0.15) is 0 Å². The predicted octanol–water partition coefficient (Wildman–Crippen LogP) is 3.08. The average molecular weight is 295 g/mol. The van der Waals surface area contributed by atoms with Crippen LogP contribution >= 0.6 is 0 Å². The summed E-state index contributed by atoms with van der Waals surface area (Å²) in [5, 5.41) is 3.03. The number of nitrogens with one attached hydrogen (secondary N) is 1. The van der Waals surface area contributed by atoms with Crippen molar-refractivity contribution in [3.05, 3.63) is 65.2 Å². The average Bonchev–Trinajstić information content (AvgIpc) is 3.02. The van der Waals surface area contributed by atoms with Gasteiger partial charge < -0.3 is 10.1 Å². The first-order valence-electron chi connectivity index (χ1n) is 7.81. The molecule has 1 amide bonds. The van der Waals surface area contributed by atoms with Crippen LogP contribution in [0.15, 0.2) is 48.5 Å². The Labute approximate surface area is 131 Å². The Bertz CT molecular complexity index is 652. The molecule has 2 aromatic rings. The summed E-state index contributed by atoms with van der Waals surface area (Å²) in [4.78, 5) is 12.2. The van der Waals surface area contributed by atoms with E-state index in [1.807, 2.05) is 43.3 Å². The third-order valence-corrected chi connectivity index (χ3v) is 4.16. The molecular weight excluding hydrogens is 274 g/mol. The van der Waals surface area contributed by atoms with E-state index in [1.54, 1.807) is 0 Å². The highest BCUT2D eigenvalue weighted by Crippen LogP contribution is 2.25. The second kappa shape index (κ2) is 6.65. The van der Waals surface area contributed by atoms with Gasteiger partial charge in [0.05, 0.1) is 12.5 Å². The number of carbonyl (C=O) groups is 1. The molecule has 0 aliphatic carbocycles. The van der Waals surface area contributed by atoms with E-state index >= 15 is 0 Å². The summed E-state index contributed by atoms with van der Waals surface area (Å²) in [5.41, 5.74) is 3.58. The van der Waals surface area contributed by atoms with Gasteiger partial charge in [-0.05, 0) is 36.1 Å². The van der Waals surface area contributed by atoms with Crippen molar-refractivity contribution in [3.8, 4) is 5.75 Å². The number of rotatable bonds is 5. The van der Waals surface area contributed by atoms with Gasteiger partial charge in [0.1, 0.15) is 5.75 Å². The molecule has 114 valence electrons. The number of fused-ring (bicyclic) bond motifs is 1. The Kier molecular flexibility index (Phi) is 4.42. The number of carbonyl (C=O) groups excluding carboxylic acids is 1. The molecule has 0 fully saturated rings. The van der Waals surface area contributed by atoms with E-state index in [9.17, 15) is 4.79 Å². The normalized spacial score (nSPS) is 14.0. The number of amides is 1. The van der Waals surface area contributed by atoms with Crippen molar-refractivity contribution >= 4 is 5.91 Å². The molecule has 3 heteroatoms. The fourth-order valence-electron chi connectivity index (χ4n) is 2.77. The van der Waals surface area contributed by atoms with E-state index in [0.29, 0.717) is 6.54 Å². The summed E-state index contributed by atoms with van der Waals surface area (Å²) in [5.74, 6) is 0.968. The Morgan fingerprint density at radius 2 is 2.05 bits per heavy atom. The molecule has 1 N–H and O–H groups in total. The van der Waals surface area contributed by atoms with Crippen LogP contribution in [-0.4, -0.2) is 19.1 Å². The zero-order chi connectivity index (χ0) is 15.4. The minimum atomic E-state index is -0.116.